The van der Waals surface area contributed by atoms with Crippen LogP contribution in [0.2, 0.25) is 0 Å². The molecule has 0 bridgehead atoms. The summed E-state index contributed by atoms with van der Waals surface area (Å²) in [7, 11) is 0. The van der Waals surface area contributed by atoms with Gasteiger partial charge in [-0.15, -0.1) is 11.3 Å². The summed E-state index contributed by atoms with van der Waals surface area (Å²) in [5.41, 5.74) is 10.8. The number of nitrogens with zero attached hydrogens (tertiary/aromatic N) is 3. The average molecular weight is 317 g/mol. The first kappa shape index (κ1) is 15.0. The molecule has 1 aliphatic rings. The van der Waals surface area contributed by atoms with Gasteiger partial charge in [0, 0.05) is 25.0 Å². The van der Waals surface area contributed by atoms with Crippen molar-refractivity contribution in [2.24, 2.45) is 5.10 Å². The fraction of sp³-hybridized carbons (Fsp3) is 0.333. The number of benzene rings is 1. The fourth-order valence-electron chi connectivity index (χ4n) is 2.29. The second-order valence-corrected chi connectivity index (χ2v) is 5.94. The van der Waals surface area contributed by atoms with Crippen LogP contribution in [0.25, 0.3) is 0 Å². The summed E-state index contributed by atoms with van der Waals surface area (Å²) in [6, 6.07) is 8.38. The van der Waals surface area contributed by atoms with Gasteiger partial charge in [0.15, 0.2) is 0 Å². The maximum absolute atomic E-state index is 5.56. The number of nitrogen functional groups attached to an aromatic ring is 1. The topological polar surface area (TPSA) is 75.8 Å². The molecule has 3 rings (SSSR count). The zero-order valence-electron chi connectivity index (χ0n) is 12.2. The maximum atomic E-state index is 5.56. The Morgan fingerprint density at radius 1 is 1.41 bits per heavy atom. The molecule has 3 N–H and O–H groups in total. The van der Waals surface area contributed by atoms with Gasteiger partial charge in [0.25, 0.3) is 0 Å². The molecule has 0 saturated carbocycles. The van der Waals surface area contributed by atoms with Gasteiger partial charge in [-0.2, -0.15) is 5.10 Å². The van der Waals surface area contributed by atoms with Gasteiger partial charge in [-0.1, -0.05) is 18.2 Å². The third kappa shape index (κ3) is 4.27. The van der Waals surface area contributed by atoms with E-state index in [1.54, 1.807) is 11.6 Å². The Morgan fingerprint density at radius 2 is 2.27 bits per heavy atom. The molecule has 6 nitrogen and oxygen atoms in total. The van der Waals surface area contributed by atoms with Gasteiger partial charge in [-0.3, -0.25) is 10.3 Å². The molecule has 1 aromatic carbocycles. The SMILES string of the molecule is Nc1csc(NN=Cc2cccc(CN3CCOCC3)c2)n1. The van der Waals surface area contributed by atoms with Crippen LogP contribution in [0.5, 0.6) is 0 Å². The van der Waals surface area contributed by atoms with Crippen LogP contribution >= 0.6 is 11.3 Å². The van der Waals surface area contributed by atoms with Crippen LogP contribution in [0.1, 0.15) is 11.1 Å². The molecule has 7 heteroatoms. The van der Waals surface area contributed by atoms with Gasteiger partial charge in [-0.25, -0.2) is 4.98 Å². The van der Waals surface area contributed by atoms with Crippen LogP contribution in [-0.4, -0.2) is 42.4 Å². The minimum absolute atomic E-state index is 0.509. The highest BCUT2D eigenvalue weighted by Crippen LogP contribution is 2.16. The zero-order chi connectivity index (χ0) is 15.2. The van der Waals surface area contributed by atoms with E-state index in [1.807, 2.05) is 6.07 Å². The van der Waals surface area contributed by atoms with E-state index in [9.17, 15) is 0 Å². The van der Waals surface area contributed by atoms with Crippen LogP contribution in [0.15, 0.2) is 34.7 Å². The molecule has 2 heterocycles. The van der Waals surface area contributed by atoms with Crippen molar-refractivity contribution in [3.8, 4) is 0 Å². The fourth-order valence-corrected chi connectivity index (χ4v) is 2.84. The number of morpholine rings is 1. The minimum atomic E-state index is 0.509. The lowest BCUT2D eigenvalue weighted by Crippen LogP contribution is -2.35. The van der Waals surface area contributed by atoms with E-state index in [2.05, 4.69) is 38.6 Å². The van der Waals surface area contributed by atoms with Gasteiger partial charge in [-0.05, 0) is 17.2 Å². The lowest BCUT2D eigenvalue weighted by Gasteiger charge is -2.26. The van der Waals surface area contributed by atoms with Gasteiger partial charge in [0.1, 0.15) is 5.82 Å². The van der Waals surface area contributed by atoms with Crippen molar-refractivity contribution < 1.29 is 4.74 Å². The number of aromatic nitrogens is 1. The molecular weight excluding hydrogens is 298 g/mol. The van der Waals surface area contributed by atoms with E-state index in [4.69, 9.17) is 10.5 Å². The van der Waals surface area contributed by atoms with Gasteiger partial charge in [0.2, 0.25) is 5.13 Å². The molecule has 1 aliphatic heterocycles. The summed E-state index contributed by atoms with van der Waals surface area (Å²) < 4.78 is 5.37. The summed E-state index contributed by atoms with van der Waals surface area (Å²) in [5.74, 6) is 0.509. The average Bonchev–Trinajstić information content (AvgIpc) is 2.94. The van der Waals surface area contributed by atoms with Crippen LogP contribution in [0.4, 0.5) is 10.9 Å². The summed E-state index contributed by atoms with van der Waals surface area (Å²) in [6.45, 7) is 4.57. The van der Waals surface area contributed by atoms with Crippen molar-refractivity contribution in [3.63, 3.8) is 0 Å². The number of hydrogen-bond donors (Lipinski definition) is 2. The van der Waals surface area contributed by atoms with Crippen LogP contribution in [0.3, 0.4) is 0 Å². The number of thiazole rings is 1. The Bertz CT molecular complexity index is 636. The monoisotopic (exact) mass is 317 g/mol. The normalized spacial score (nSPS) is 16.2. The number of ether oxygens (including phenoxy) is 1. The Balaban J connectivity index is 1.58. The molecule has 116 valence electrons. The largest absolute Gasteiger partial charge is 0.383 e. The molecule has 0 amide bonds. The van der Waals surface area contributed by atoms with E-state index in [-0.39, 0.29) is 0 Å². The number of rotatable bonds is 5. The number of hydrogen-bond acceptors (Lipinski definition) is 7. The smallest absolute Gasteiger partial charge is 0.205 e. The molecule has 0 atom stereocenters. The Morgan fingerprint density at radius 3 is 3.05 bits per heavy atom. The summed E-state index contributed by atoms with van der Waals surface area (Å²) in [6.07, 6.45) is 1.79. The molecule has 0 aliphatic carbocycles. The molecule has 0 spiro atoms. The molecule has 1 saturated heterocycles. The molecule has 22 heavy (non-hydrogen) atoms. The number of nitrogens with two attached hydrogens (primary N) is 1. The molecule has 1 aromatic heterocycles. The Kier molecular flexibility index (Phi) is 4.99. The van der Waals surface area contributed by atoms with Crippen molar-refractivity contribution in [2.45, 2.75) is 6.54 Å². The predicted octanol–water partition coefficient (Wildman–Crippen LogP) is 2.00. The first-order valence-corrected chi connectivity index (χ1v) is 8.07. The highest BCUT2D eigenvalue weighted by molar-refractivity contribution is 7.14. The van der Waals surface area contributed by atoms with E-state index < -0.39 is 0 Å². The van der Waals surface area contributed by atoms with Crippen molar-refractivity contribution >= 4 is 28.5 Å². The summed E-state index contributed by atoms with van der Waals surface area (Å²) in [4.78, 5) is 6.49. The van der Waals surface area contributed by atoms with E-state index in [0.29, 0.717) is 10.9 Å². The van der Waals surface area contributed by atoms with E-state index in [1.165, 1.54) is 16.9 Å². The maximum Gasteiger partial charge on any atom is 0.205 e. The number of anilines is 2. The van der Waals surface area contributed by atoms with Crippen LogP contribution < -0.4 is 11.2 Å². The molecule has 1 fully saturated rings. The summed E-state index contributed by atoms with van der Waals surface area (Å²) >= 11 is 1.43. The Labute approximate surface area is 133 Å². The molecule has 2 aromatic rings. The van der Waals surface area contributed by atoms with E-state index >= 15 is 0 Å². The van der Waals surface area contributed by atoms with Crippen molar-refractivity contribution in [1.29, 1.82) is 0 Å². The first-order chi connectivity index (χ1) is 10.8. The molecule has 0 radical (unpaired) electrons. The zero-order valence-corrected chi connectivity index (χ0v) is 13.1. The van der Waals surface area contributed by atoms with Crippen LogP contribution in [-0.2, 0) is 11.3 Å². The second-order valence-electron chi connectivity index (χ2n) is 5.08. The third-order valence-electron chi connectivity index (χ3n) is 3.36. The lowest BCUT2D eigenvalue weighted by molar-refractivity contribution is 0.0342. The summed E-state index contributed by atoms with van der Waals surface area (Å²) in [5, 5.41) is 6.67. The second kappa shape index (κ2) is 7.35. The minimum Gasteiger partial charge on any atom is -0.383 e. The Hall–Kier alpha value is -1.96. The van der Waals surface area contributed by atoms with Crippen LogP contribution in [0, 0.1) is 0 Å². The molecule has 0 unspecified atom stereocenters. The predicted molar refractivity (Wildman–Crippen MR) is 90.3 cm³/mol. The van der Waals surface area contributed by atoms with Gasteiger partial charge < -0.3 is 10.5 Å². The highest BCUT2D eigenvalue weighted by atomic mass is 32.1. The van der Waals surface area contributed by atoms with Gasteiger partial charge >= 0.3 is 0 Å². The van der Waals surface area contributed by atoms with Crippen molar-refractivity contribution in [2.75, 3.05) is 37.5 Å². The number of nitrogens with one attached hydrogen (secondary N) is 1. The van der Waals surface area contributed by atoms with Gasteiger partial charge in [0.05, 0.1) is 19.4 Å². The lowest BCUT2D eigenvalue weighted by atomic mass is 10.1. The van der Waals surface area contributed by atoms with E-state index in [0.717, 1.165) is 38.4 Å². The third-order valence-corrected chi connectivity index (χ3v) is 4.12. The highest BCUT2D eigenvalue weighted by Gasteiger charge is 2.10. The van der Waals surface area contributed by atoms with Crippen molar-refractivity contribution in [1.82, 2.24) is 9.88 Å². The number of hydrazone groups is 1. The standard InChI is InChI=1S/C15H19N5OS/c16-14-11-22-15(18-14)19-17-9-12-2-1-3-13(8-12)10-20-4-6-21-7-5-20/h1-3,8-9,11H,4-7,10,16H2,(H,18,19). The quantitative estimate of drug-likeness (QED) is 0.652. The first-order valence-electron chi connectivity index (χ1n) is 7.19. The van der Waals surface area contributed by atoms with Crippen molar-refractivity contribution in [3.05, 3.63) is 40.8 Å². The molecular formula is C15H19N5OS.